The molecule has 4 N–H and O–H groups in total. The number of carboxylic acid groups (broad SMARTS) is 1. The number of aromatic nitrogens is 2. The van der Waals surface area contributed by atoms with E-state index in [1.165, 1.54) is 0 Å². The number of hydrogen-bond donors (Lipinski definition) is 4. The lowest BCUT2D eigenvalue weighted by Crippen LogP contribution is -2.29. The summed E-state index contributed by atoms with van der Waals surface area (Å²) in [5.41, 5.74) is 3.06. The number of anilines is 1. The van der Waals surface area contributed by atoms with E-state index in [0.29, 0.717) is 48.2 Å². The lowest BCUT2D eigenvalue weighted by atomic mass is 10.1. The van der Waals surface area contributed by atoms with Gasteiger partial charge in [-0.1, -0.05) is 18.2 Å². The Morgan fingerprint density at radius 1 is 0.943 bits per heavy atom. The van der Waals surface area contributed by atoms with Crippen molar-refractivity contribution in [2.75, 3.05) is 39.2 Å². The van der Waals surface area contributed by atoms with Crippen LogP contribution >= 0.6 is 0 Å². The van der Waals surface area contributed by atoms with Crippen molar-refractivity contribution in [3.63, 3.8) is 0 Å². The van der Waals surface area contributed by atoms with Gasteiger partial charge in [-0.3, -0.25) is 4.79 Å². The molecule has 10 heteroatoms. The number of carbonyl (C=O) groups excluding carboxylic acids is 1. The second kappa shape index (κ2) is 12.8. The number of methoxy groups -OCH3 is 2. The lowest BCUT2D eigenvalue weighted by molar-refractivity contribution is 0.0953. The first-order chi connectivity index (χ1) is 17.0. The van der Waals surface area contributed by atoms with Gasteiger partial charge in [0.25, 0.3) is 5.91 Å². The zero-order valence-electron chi connectivity index (χ0n) is 19.7. The first-order valence-electron chi connectivity index (χ1n) is 11.1. The molecule has 0 bridgehead atoms. The average molecular weight is 480 g/mol. The van der Waals surface area contributed by atoms with Gasteiger partial charge in [0.1, 0.15) is 0 Å². The number of nitrogens with one attached hydrogen (secondary N) is 3. The number of benzene rings is 2. The Morgan fingerprint density at radius 2 is 1.74 bits per heavy atom. The van der Waals surface area contributed by atoms with E-state index in [9.17, 15) is 9.59 Å². The molecule has 0 unspecified atom stereocenters. The van der Waals surface area contributed by atoms with Gasteiger partial charge in [-0.15, -0.1) is 0 Å². The van der Waals surface area contributed by atoms with Crippen LogP contribution in [0.1, 0.15) is 22.3 Å². The van der Waals surface area contributed by atoms with Crippen molar-refractivity contribution in [3.05, 3.63) is 65.9 Å². The molecule has 0 saturated heterocycles. The van der Waals surface area contributed by atoms with Crippen LogP contribution in [-0.2, 0) is 6.42 Å². The Bertz CT molecular complexity index is 1150. The predicted octanol–water partition coefficient (Wildman–Crippen LogP) is 3.20. The van der Waals surface area contributed by atoms with Crippen molar-refractivity contribution in [3.8, 4) is 22.8 Å². The van der Waals surface area contributed by atoms with Crippen LogP contribution in [0.25, 0.3) is 11.3 Å². The Hall–Kier alpha value is -4.34. The van der Waals surface area contributed by atoms with Gasteiger partial charge in [0, 0.05) is 37.0 Å². The monoisotopic (exact) mass is 479 g/mol. The van der Waals surface area contributed by atoms with Crippen molar-refractivity contribution in [1.82, 2.24) is 20.6 Å². The summed E-state index contributed by atoms with van der Waals surface area (Å²) in [7, 11) is 3.21. The predicted molar refractivity (Wildman–Crippen MR) is 132 cm³/mol. The van der Waals surface area contributed by atoms with E-state index in [1.807, 2.05) is 24.3 Å². The molecule has 0 fully saturated rings. The number of nitrogens with zero attached hydrogens (tertiary/aromatic N) is 2. The minimum absolute atomic E-state index is 0.232. The van der Waals surface area contributed by atoms with Crippen molar-refractivity contribution < 1.29 is 24.2 Å². The summed E-state index contributed by atoms with van der Waals surface area (Å²) in [6, 6.07) is 14.7. The number of ether oxygens (including phenoxy) is 2. The first kappa shape index (κ1) is 25.3. The van der Waals surface area contributed by atoms with Crippen LogP contribution in [0.5, 0.6) is 11.5 Å². The van der Waals surface area contributed by atoms with E-state index in [0.717, 1.165) is 17.5 Å². The van der Waals surface area contributed by atoms with Crippen LogP contribution in [0.4, 0.5) is 10.7 Å². The Balaban J connectivity index is 1.57. The summed E-state index contributed by atoms with van der Waals surface area (Å²) in [4.78, 5) is 31.8. The van der Waals surface area contributed by atoms with Gasteiger partial charge >= 0.3 is 6.09 Å². The molecule has 0 aliphatic carbocycles. The second-order valence-electron chi connectivity index (χ2n) is 7.55. The van der Waals surface area contributed by atoms with E-state index >= 15 is 0 Å². The van der Waals surface area contributed by atoms with Crippen LogP contribution in [0.3, 0.4) is 0 Å². The van der Waals surface area contributed by atoms with Gasteiger partial charge in [-0.2, -0.15) is 0 Å². The highest BCUT2D eigenvalue weighted by molar-refractivity contribution is 5.95. The van der Waals surface area contributed by atoms with Gasteiger partial charge in [0.15, 0.2) is 11.5 Å². The Labute approximate surface area is 203 Å². The molecular formula is C25H29N5O5. The molecule has 3 aromatic rings. The molecule has 0 spiro atoms. The fourth-order valence-electron chi connectivity index (χ4n) is 3.37. The van der Waals surface area contributed by atoms with Crippen molar-refractivity contribution in [2.45, 2.75) is 12.8 Å². The smallest absolute Gasteiger partial charge is 0.404 e. The SMILES string of the molecule is COc1ccc(CCNc2nccc(-c3cccc(C(=O)NCCCNC(=O)O)c3)n2)cc1OC. The van der Waals surface area contributed by atoms with Gasteiger partial charge in [-0.05, 0) is 48.7 Å². The third-order valence-corrected chi connectivity index (χ3v) is 5.14. The van der Waals surface area contributed by atoms with Crippen molar-refractivity contribution in [1.29, 1.82) is 0 Å². The maximum Gasteiger partial charge on any atom is 0.404 e. The van der Waals surface area contributed by atoms with Gasteiger partial charge in [-0.25, -0.2) is 14.8 Å². The van der Waals surface area contributed by atoms with E-state index in [2.05, 4.69) is 25.9 Å². The zero-order chi connectivity index (χ0) is 25.0. The normalized spacial score (nSPS) is 10.3. The molecular weight excluding hydrogens is 450 g/mol. The van der Waals surface area contributed by atoms with E-state index in [-0.39, 0.29) is 12.5 Å². The summed E-state index contributed by atoms with van der Waals surface area (Å²) in [5, 5.41) is 16.9. The van der Waals surface area contributed by atoms with Gasteiger partial charge in [0.2, 0.25) is 5.95 Å². The summed E-state index contributed by atoms with van der Waals surface area (Å²) >= 11 is 0. The minimum atomic E-state index is -1.08. The molecule has 0 aliphatic heterocycles. The van der Waals surface area contributed by atoms with Crippen LogP contribution in [0.15, 0.2) is 54.7 Å². The second-order valence-corrected chi connectivity index (χ2v) is 7.55. The number of rotatable bonds is 12. The standard InChI is InChI=1S/C25H29N5O5/c1-34-21-8-7-17(15-22(21)35-2)9-13-27-24-28-14-10-20(30-24)18-5-3-6-19(16-18)23(31)26-11-4-12-29-25(32)33/h3,5-8,10,14-16,29H,4,9,11-13H2,1-2H3,(H,26,31)(H,32,33)(H,27,28,30). The van der Waals surface area contributed by atoms with Crippen LogP contribution in [0.2, 0.25) is 0 Å². The number of amides is 2. The fourth-order valence-corrected chi connectivity index (χ4v) is 3.37. The van der Waals surface area contributed by atoms with Gasteiger partial charge in [0.05, 0.1) is 19.9 Å². The third kappa shape index (κ3) is 7.60. The molecule has 10 nitrogen and oxygen atoms in total. The molecule has 0 aliphatic rings. The first-order valence-corrected chi connectivity index (χ1v) is 11.1. The van der Waals surface area contributed by atoms with Crippen molar-refractivity contribution >= 4 is 17.9 Å². The van der Waals surface area contributed by atoms with Crippen LogP contribution in [0, 0.1) is 0 Å². The molecule has 35 heavy (non-hydrogen) atoms. The Morgan fingerprint density at radius 3 is 2.51 bits per heavy atom. The van der Waals surface area contributed by atoms with E-state index in [1.54, 1.807) is 44.7 Å². The quantitative estimate of drug-likeness (QED) is 0.291. The van der Waals surface area contributed by atoms with Gasteiger partial charge < -0.3 is 30.5 Å². The molecule has 0 saturated carbocycles. The minimum Gasteiger partial charge on any atom is -0.493 e. The summed E-state index contributed by atoms with van der Waals surface area (Å²) < 4.78 is 10.6. The summed E-state index contributed by atoms with van der Waals surface area (Å²) in [5.74, 6) is 1.63. The third-order valence-electron chi connectivity index (χ3n) is 5.14. The highest BCUT2D eigenvalue weighted by Gasteiger charge is 2.09. The molecule has 2 amide bonds. The molecule has 2 aromatic carbocycles. The summed E-state index contributed by atoms with van der Waals surface area (Å²) in [6.07, 6.45) is 1.83. The maximum absolute atomic E-state index is 12.4. The molecule has 1 aromatic heterocycles. The molecule has 1 heterocycles. The molecule has 0 atom stereocenters. The van der Waals surface area contributed by atoms with Crippen LogP contribution < -0.4 is 25.4 Å². The number of hydrogen-bond acceptors (Lipinski definition) is 7. The van der Waals surface area contributed by atoms with Crippen LogP contribution in [-0.4, -0.2) is 60.9 Å². The van der Waals surface area contributed by atoms with Crippen molar-refractivity contribution in [2.24, 2.45) is 0 Å². The van der Waals surface area contributed by atoms with E-state index in [4.69, 9.17) is 14.6 Å². The highest BCUT2D eigenvalue weighted by atomic mass is 16.5. The summed E-state index contributed by atoms with van der Waals surface area (Å²) in [6.45, 7) is 1.27. The highest BCUT2D eigenvalue weighted by Crippen LogP contribution is 2.27. The number of carbonyl (C=O) groups is 2. The lowest BCUT2D eigenvalue weighted by Gasteiger charge is -2.11. The molecule has 184 valence electrons. The zero-order valence-corrected chi connectivity index (χ0v) is 19.7. The van der Waals surface area contributed by atoms with E-state index < -0.39 is 6.09 Å². The average Bonchev–Trinajstić information content (AvgIpc) is 2.88. The maximum atomic E-state index is 12.4. The largest absolute Gasteiger partial charge is 0.493 e. The molecule has 3 rings (SSSR count). The Kier molecular flexibility index (Phi) is 9.23. The fraction of sp³-hybridized carbons (Fsp3) is 0.280. The molecule has 0 radical (unpaired) electrons. The topological polar surface area (TPSA) is 135 Å².